The number of tetrazole rings is 1. The molecule has 2 aromatic rings. The van der Waals surface area contributed by atoms with Crippen molar-refractivity contribution < 1.29 is 4.74 Å². The van der Waals surface area contributed by atoms with Crippen LogP contribution in [0.1, 0.15) is 11.3 Å². The van der Waals surface area contributed by atoms with E-state index in [1.807, 2.05) is 12.3 Å². The number of hydrogen-bond acceptors (Lipinski definition) is 5. The number of aromatic nitrogens is 5. The zero-order valence-electron chi connectivity index (χ0n) is 6.58. The summed E-state index contributed by atoms with van der Waals surface area (Å²) < 4.78 is 6.64. The van der Waals surface area contributed by atoms with Gasteiger partial charge in [-0.1, -0.05) is 5.10 Å². The normalized spacial score (nSPS) is 14.2. The van der Waals surface area contributed by atoms with E-state index in [2.05, 4.69) is 20.5 Å². The van der Waals surface area contributed by atoms with Crippen molar-refractivity contribution in [3.05, 3.63) is 23.7 Å². The van der Waals surface area contributed by atoms with Gasteiger partial charge in [-0.25, -0.2) is 4.98 Å². The van der Waals surface area contributed by atoms with Gasteiger partial charge in [0.1, 0.15) is 6.61 Å². The first kappa shape index (κ1) is 6.53. The first-order valence-electron chi connectivity index (χ1n) is 3.79. The van der Waals surface area contributed by atoms with Crippen LogP contribution < -0.4 is 0 Å². The molecule has 0 saturated heterocycles. The number of hydrogen-bond donors (Lipinski definition) is 0. The first-order chi connectivity index (χ1) is 6.43. The van der Waals surface area contributed by atoms with Crippen LogP contribution in [0.5, 0.6) is 0 Å². The lowest BCUT2D eigenvalue weighted by atomic mass is 10.2. The Morgan fingerprint density at radius 2 is 2.46 bits per heavy atom. The predicted octanol–water partition coefficient (Wildman–Crippen LogP) is 0.0202. The molecule has 64 valence electrons. The lowest BCUT2D eigenvalue weighted by Crippen LogP contribution is -2.03. The van der Waals surface area contributed by atoms with Gasteiger partial charge in [0.25, 0.3) is 5.78 Å². The zero-order chi connectivity index (χ0) is 8.67. The molecule has 0 N–H and O–H groups in total. The highest BCUT2D eigenvalue weighted by molar-refractivity contribution is 5.52. The number of fused-ring (bicyclic) bond motifs is 2. The molecule has 6 heteroatoms. The van der Waals surface area contributed by atoms with E-state index in [0.717, 1.165) is 11.3 Å². The van der Waals surface area contributed by atoms with Crippen LogP contribution in [0.4, 0.5) is 0 Å². The fraction of sp³-hybridized carbons (Fsp3) is 0.143. The standard InChI is InChI=1S/C7H5N5O/c1-2-13-4-6-5(1)3-12-7(8-6)9-10-11-12/h1-3H,4H2. The Hall–Kier alpha value is -1.98. The molecule has 3 heterocycles. The van der Waals surface area contributed by atoms with Gasteiger partial charge in [-0.05, 0) is 16.5 Å². The van der Waals surface area contributed by atoms with Gasteiger partial charge in [-0.15, -0.1) is 0 Å². The van der Waals surface area contributed by atoms with Crippen LogP contribution >= 0.6 is 0 Å². The summed E-state index contributed by atoms with van der Waals surface area (Å²) in [4.78, 5) is 4.23. The Kier molecular flexibility index (Phi) is 1.13. The largest absolute Gasteiger partial charge is 0.495 e. The van der Waals surface area contributed by atoms with E-state index in [-0.39, 0.29) is 0 Å². The molecule has 6 nitrogen and oxygen atoms in total. The summed E-state index contributed by atoms with van der Waals surface area (Å²) in [6, 6.07) is 0. The second-order valence-corrected chi connectivity index (χ2v) is 2.68. The van der Waals surface area contributed by atoms with E-state index in [9.17, 15) is 0 Å². The molecule has 2 aromatic heterocycles. The van der Waals surface area contributed by atoms with E-state index in [1.54, 1.807) is 6.26 Å². The Morgan fingerprint density at radius 3 is 3.46 bits per heavy atom. The Balaban J connectivity index is 2.36. The maximum absolute atomic E-state index is 5.10. The molecular weight excluding hydrogens is 170 g/mol. The molecule has 0 saturated carbocycles. The summed E-state index contributed by atoms with van der Waals surface area (Å²) in [5.74, 6) is 0.498. The third-order valence-electron chi connectivity index (χ3n) is 1.87. The lowest BCUT2D eigenvalue weighted by Gasteiger charge is -2.09. The SMILES string of the molecule is C1=Cc2cn3nnnc3nc2CO1. The van der Waals surface area contributed by atoms with Crippen LogP contribution in [0.3, 0.4) is 0 Å². The van der Waals surface area contributed by atoms with Crippen LogP contribution in [0, 0.1) is 0 Å². The predicted molar refractivity (Wildman–Crippen MR) is 42.4 cm³/mol. The first-order valence-corrected chi connectivity index (χ1v) is 3.79. The fourth-order valence-corrected chi connectivity index (χ4v) is 1.24. The highest BCUT2D eigenvalue weighted by Crippen LogP contribution is 2.14. The van der Waals surface area contributed by atoms with Crippen molar-refractivity contribution in [2.45, 2.75) is 6.61 Å². The quantitative estimate of drug-likeness (QED) is 0.564. The van der Waals surface area contributed by atoms with E-state index in [0.29, 0.717) is 12.4 Å². The Morgan fingerprint density at radius 1 is 1.46 bits per heavy atom. The van der Waals surface area contributed by atoms with Gasteiger partial charge in [0.15, 0.2) is 0 Å². The third-order valence-corrected chi connectivity index (χ3v) is 1.87. The molecule has 1 aliphatic heterocycles. The zero-order valence-corrected chi connectivity index (χ0v) is 6.58. The molecular formula is C7H5N5O. The summed E-state index contributed by atoms with van der Waals surface area (Å²) in [5, 5.41) is 11.0. The maximum Gasteiger partial charge on any atom is 0.273 e. The minimum Gasteiger partial charge on any atom is -0.495 e. The van der Waals surface area contributed by atoms with Crippen molar-refractivity contribution in [3.8, 4) is 0 Å². The lowest BCUT2D eigenvalue weighted by molar-refractivity contribution is 0.230. The van der Waals surface area contributed by atoms with Crippen LogP contribution in [0.25, 0.3) is 11.9 Å². The molecule has 0 amide bonds. The van der Waals surface area contributed by atoms with Crippen molar-refractivity contribution in [3.63, 3.8) is 0 Å². The van der Waals surface area contributed by atoms with Gasteiger partial charge in [0.05, 0.1) is 12.0 Å². The molecule has 0 fully saturated rings. The molecule has 0 spiro atoms. The number of rotatable bonds is 0. The van der Waals surface area contributed by atoms with Gasteiger partial charge in [-0.3, -0.25) is 0 Å². The minimum absolute atomic E-state index is 0.481. The molecule has 0 radical (unpaired) electrons. The molecule has 1 aliphatic rings. The Labute approximate surface area is 72.8 Å². The fourth-order valence-electron chi connectivity index (χ4n) is 1.24. The maximum atomic E-state index is 5.10. The van der Waals surface area contributed by atoms with Crippen molar-refractivity contribution in [1.29, 1.82) is 0 Å². The average Bonchev–Trinajstić information content (AvgIpc) is 2.61. The third kappa shape index (κ3) is 0.883. The summed E-state index contributed by atoms with van der Waals surface area (Å²) in [6.07, 6.45) is 5.31. The molecule has 0 aliphatic carbocycles. The smallest absolute Gasteiger partial charge is 0.273 e. The van der Waals surface area contributed by atoms with Gasteiger partial charge >= 0.3 is 0 Å². The molecule has 0 aromatic carbocycles. The van der Waals surface area contributed by atoms with Crippen molar-refractivity contribution in [2.24, 2.45) is 0 Å². The average molecular weight is 175 g/mol. The van der Waals surface area contributed by atoms with E-state index in [4.69, 9.17) is 4.74 Å². The molecule has 0 unspecified atom stereocenters. The summed E-state index contributed by atoms with van der Waals surface area (Å²) in [7, 11) is 0. The van der Waals surface area contributed by atoms with E-state index in [1.165, 1.54) is 4.52 Å². The summed E-state index contributed by atoms with van der Waals surface area (Å²) in [6.45, 7) is 0.481. The van der Waals surface area contributed by atoms with Crippen LogP contribution in [0.2, 0.25) is 0 Å². The highest BCUT2D eigenvalue weighted by atomic mass is 16.5. The number of nitrogens with zero attached hydrogens (tertiary/aromatic N) is 5. The molecule has 3 rings (SSSR count). The summed E-state index contributed by atoms with van der Waals surface area (Å²) in [5.41, 5.74) is 1.86. The molecule has 0 atom stereocenters. The highest BCUT2D eigenvalue weighted by Gasteiger charge is 2.09. The van der Waals surface area contributed by atoms with Crippen molar-refractivity contribution in [1.82, 2.24) is 25.0 Å². The van der Waals surface area contributed by atoms with Crippen molar-refractivity contribution >= 4 is 11.9 Å². The molecule has 13 heavy (non-hydrogen) atoms. The van der Waals surface area contributed by atoms with Crippen LogP contribution in [0.15, 0.2) is 12.5 Å². The van der Waals surface area contributed by atoms with Gasteiger partial charge < -0.3 is 4.74 Å². The molecule has 0 bridgehead atoms. The second kappa shape index (κ2) is 2.25. The topological polar surface area (TPSA) is 65.2 Å². The van der Waals surface area contributed by atoms with Crippen molar-refractivity contribution in [2.75, 3.05) is 0 Å². The van der Waals surface area contributed by atoms with Gasteiger partial charge in [-0.2, -0.15) is 4.52 Å². The second-order valence-electron chi connectivity index (χ2n) is 2.68. The van der Waals surface area contributed by atoms with Crippen LogP contribution in [-0.2, 0) is 11.3 Å². The van der Waals surface area contributed by atoms with E-state index < -0.39 is 0 Å². The Bertz CT molecular complexity index is 489. The minimum atomic E-state index is 0.481. The summed E-state index contributed by atoms with van der Waals surface area (Å²) >= 11 is 0. The van der Waals surface area contributed by atoms with E-state index >= 15 is 0 Å². The van der Waals surface area contributed by atoms with Gasteiger partial charge in [0.2, 0.25) is 0 Å². The van der Waals surface area contributed by atoms with Gasteiger partial charge in [0, 0.05) is 11.8 Å². The number of ether oxygens (including phenoxy) is 1. The monoisotopic (exact) mass is 175 g/mol. The van der Waals surface area contributed by atoms with Crippen LogP contribution in [-0.4, -0.2) is 25.0 Å².